The molecule has 5 heteroatoms. The minimum atomic E-state index is -0.608. The summed E-state index contributed by atoms with van der Waals surface area (Å²) in [6.07, 6.45) is 2.52. The van der Waals surface area contributed by atoms with Crippen LogP contribution >= 0.6 is 0 Å². The number of carbonyl (C=O) groups excluding carboxylic acids is 1. The van der Waals surface area contributed by atoms with Crippen molar-refractivity contribution in [2.75, 3.05) is 6.54 Å². The van der Waals surface area contributed by atoms with Crippen LogP contribution in [0.1, 0.15) is 32.3 Å². The van der Waals surface area contributed by atoms with Crippen LogP contribution < -0.4 is 4.74 Å². The van der Waals surface area contributed by atoms with E-state index in [0.717, 1.165) is 27.6 Å². The number of pyridine rings is 1. The molecule has 1 saturated heterocycles. The SMILES string of the molecule is CC(Oc1cccc2ncccc12)C(=O)N1CCC(=C(C#N)c2ccccc2)CC1C. The van der Waals surface area contributed by atoms with Gasteiger partial charge in [-0.1, -0.05) is 36.4 Å². The smallest absolute Gasteiger partial charge is 0.263 e. The highest BCUT2D eigenvalue weighted by Gasteiger charge is 2.31. The number of likely N-dealkylation sites (tertiary alicyclic amines) is 1. The van der Waals surface area contributed by atoms with Crippen LogP contribution in [0.2, 0.25) is 0 Å². The Labute approximate surface area is 182 Å². The van der Waals surface area contributed by atoms with Crippen molar-refractivity contribution in [2.45, 2.75) is 38.8 Å². The van der Waals surface area contributed by atoms with E-state index in [4.69, 9.17) is 4.74 Å². The number of ether oxygens (including phenoxy) is 1. The Bertz CT molecular complexity index is 1160. The van der Waals surface area contributed by atoms with Crippen molar-refractivity contribution in [1.29, 1.82) is 5.26 Å². The molecule has 1 aliphatic rings. The van der Waals surface area contributed by atoms with Gasteiger partial charge in [-0.25, -0.2) is 0 Å². The molecule has 1 aliphatic heterocycles. The molecule has 4 rings (SSSR count). The van der Waals surface area contributed by atoms with Gasteiger partial charge in [0.05, 0.1) is 17.2 Å². The second-order valence-electron chi connectivity index (χ2n) is 7.88. The van der Waals surface area contributed by atoms with Crippen LogP contribution in [0.3, 0.4) is 0 Å². The lowest BCUT2D eigenvalue weighted by atomic mass is 9.90. The number of nitrogens with zero attached hydrogens (tertiary/aromatic N) is 3. The molecule has 0 radical (unpaired) electrons. The molecule has 1 amide bonds. The number of fused-ring (bicyclic) bond motifs is 1. The van der Waals surface area contributed by atoms with Crippen LogP contribution in [0, 0.1) is 11.3 Å². The predicted octanol–water partition coefficient (Wildman–Crippen LogP) is 4.99. The highest BCUT2D eigenvalue weighted by atomic mass is 16.5. The first-order valence-corrected chi connectivity index (χ1v) is 10.6. The van der Waals surface area contributed by atoms with Gasteiger partial charge in [-0.2, -0.15) is 5.26 Å². The molecule has 2 heterocycles. The Kier molecular flexibility index (Phi) is 5.99. The van der Waals surface area contributed by atoms with Crippen LogP contribution in [-0.4, -0.2) is 34.5 Å². The van der Waals surface area contributed by atoms with Crippen molar-refractivity contribution in [2.24, 2.45) is 0 Å². The Morgan fingerprint density at radius 2 is 1.97 bits per heavy atom. The number of benzene rings is 2. The summed E-state index contributed by atoms with van der Waals surface area (Å²) in [5, 5.41) is 10.6. The van der Waals surface area contributed by atoms with Crippen molar-refractivity contribution in [3.8, 4) is 11.8 Å². The molecule has 156 valence electrons. The molecule has 0 aliphatic carbocycles. The summed E-state index contributed by atoms with van der Waals surface area (Å²) < 4.78 is 6.06. The number of aromatic nitrogens is 1. The number of carbonyl (C=O) groups is 1. The van der Waals surface area contributed by atoms with Crippen LogP contribution in [0.25, 0.3) is 16.5 Å². The van der Waals surface area contributed by atoms with E-state index >= 15 is 0 Å². The molecule has 0 N–H and O–H groups in total. The maximum absolute atomic E-state index is 13.2. The van der Waals surface area contributed by atoms with Gasteiger partial charge in [0.15, 0.2) is 6.10 Å². The zero-order valence-corrected chi connectivity index (χ0v) is 17.8. The van der Waals surface area contributed by atoms with Gasteiger partial charge in [0.2, 0.25) is 0 Å². The summed E-state index contributed by atoms with van der Waals surface area (Å²) in [7, 11) is 0. The van der Waals surface area contributed by atoms with Gasteiger partial charge < -0.3 is 9.64 Å². The third-order valence-electron chi connectivity index (χ3n) is 5.80. The fourth-order valence-electron chi connectivity index (χ4n) is 4.20. The number of rotatable bonds is 4. The summed E-state index contributed by atoms with van der Waals surface area (Å²) in [5.41, 5.74) is 3.62. The van der Waals surface area contributed by atoms with E-state index < -0.39 is 6.10 Å². The van der Waals surface area contributed by atoms with Crippen LogP contribution in [-0.2, 0) is 4.79 Å². The molecule has 31 heavy (non-hydrogen) atoms. The van der Waals surface area contributed by atoms with Crippen LogP contribution in [0.5, 0.6) is 5.75 Å². The monoisotopic (exact) mass is 411 g/mol. The summed E-state index contributed by atoms with van der Waals surface area (Å²) in [6.45, 7) is 4.41. The number of amides is 1. The fraction of sp³-hybridized carbons (Fsp3) is 0.269. The van der Waals surface area contributed by atoms with Gasteiger partial charge in [0, 0.05) is 24.2 Å². The van der Waals surface area contributed by atoms with E-state index in [9.17, 15) is 10.1 Å². The number of hydrogen-bond acceptors (Lipinski definition) is 4. The van der Waals surface area contributed by atoms with Crippen molar-refractivity contribution in [1.82, 2.24) is 9.88 Å². The van der Waals surface area contributed by atoms with Crippen molar-refractivity contribution >= 4 is 22.4 Å². The molecule has 3 aromatic rings. The number of hydrogen-bond donors (Lipinski definition) is 0. The third kappa shape index (κ3) is 4.29. The number of nitriles is 1. The van der Waals surface area contributed by atoms with E-state index in [1.54, 1.807) is 13.1 Å². The first-order chi connectivity index (χ1) is 15.1. The van der Waals surface area contributed by atoms with E-state index in [-0.39, 0.29) is 11.9 Å². The summed E-state index contributed by atoms with van der Waals surface area (Å²) in [4.78, 5) is 19.4. The Balaban J connectivity index is 1.49. The van der Waals surface area contributed by atoms with Gasteiger partial charge in [0.25, 0.3) is 5.91 Å². The molecule has 0 saturated carbocycles. The third-order valence-corrected chi connectivity index (χ3v) is 5.80. The largest absolute Gasteiger partial charge is 0.480 e. The Morgan fingerprint density at radius 3 is 2.71 bits per heavy atom. The van der Waals surface area contributed by atoms with Crippen LogP contribution in [0.4, 0.5) is 0 Å². The lowest BCUT2D eigenvalue weighted by molar-refractivity contribution is -0.140. The van der Waals surface area contributed by atoms with Crippen molar-refractivity contribution in [3.63, 3.8) is 0 Å². The first-order valence-electron chi connectivity index (χ1n) is 10.6. The molecule has 2 aromatic carbocycles. The maximum Gasteiger partial charge on any atom is 0.263 e. The molecule has 2 unspecified atom stereocenters. The van der Waals surface area contributed by atoms with Gasteiger partial charge in [0.1, 0.15) is 5.75 Å². The average molecular weight is 412 g/mol. The quantitative estimate of drug-likeness (QED) is 0.567. The second-order valence-corrected chi connectivity index (χ2v) is 7.88. The van der Waals surface area contributed by atoms with Crippen LogP contribution in [0.15, 0.2) is 72.4 Å². The second kappa shape index (κ2) is 9.01. The van der Waals surface area contributed by atoms with Gasteiger partial charge in [-0.3, -0.25) is 9.78 Å². The molecule has 0 spiro atoms. The first kappa shape index (κ1) is 20.6. The molecule has 1 fully saturated rings. The van der Waals surface area contributed by atoms with Crippen molar-refractivity contribution in [3.05, 3.63) is 78.0 Å². The normalized spacial score (nSPS) is 18.9. The van der Waals surface area contributed by atoms with E-state index in [1.165, 1.54) is 0 Å². The summed E-state index contributed by atoms with van der Waals surface area (Å²) >= 11 is 0. The van der Waals surface area contributed by atoms with Crippen molar-refractivity contribution < 1.29 is 9.53 Å². The highest BCUT2D eigenvalue weighted by molar-refractivity contribution is 5.87. The fourth-order valence-corrected chi connectivity index (χ4v) is 4.20. The zero-order chi connectivity index (χ0) is 21.8. The zero-order valence-electron chi connectivity index (χ0n) is 17.8. The number of allylic oxidation sites excluding steroid dienone is 1. The van der Waals surface area contributed by atoms with E-state index in [2.05, 4.69) is 11.1 Å². The molecule has 0 bridgehead atoms. The minimum absolute atomic E-state index is 0.00328. The average Bonchev–Trinajstić information content (AvgIpc) is 2.80. The topological polar surface area (TPSA) is 66.2 Å². The predicted molar refractivity (Wildman–Crippen MR) is 121 cm³/mol. The highest BCUT2D eigenvalue weighted by Crippen LogP contribution is 2.31. The molecular weight excluding hydrogens is 386 g/mol. The summed E-state index contributed by atoms with van der Waals surface area (Å²) in [6, 6.07) is 21.6. The lowest BCUT2D eigenvalue weighted by Crippen LogP contribution is -2.48. The van der Waals surface area contributed by atoms with E-state index in [1.807, 2.05) is 72.5 Å². The summed E-state index contributed by atoms with van der Waals surface area (Å²) in [5.74, 6) is 0.623. The Hall–Kier alpha value is -3.65. The molecule has 2 atom stereocenters. The molecule has 1 aromatic heterocycles. The Morgan fingerprint density at radius 1 is 1.16 bits per heavy atom. The van der Waals surface area contributed by atoms with E-state index in [0.29, 0.717) is 25.1 Å². The molecular formula is C26H25N3O2. The van der Waals surface area contributed by atoms with Gasteiger partial charge >= 0.3 is 0 Å². The maximum atomic E-state index is 13.2. The number of piperidine rings is 1. The standard InChI is InChI=1S/C26H25N3O2/c1-18-16-21(23(17-27)20-8-4-3-5-9-20)13-15-29(18)26(30)19(2)31-25-12-6-11-24-22(25)10-7-14-28-24/h3-12,14,18-19H,13,15-16H2,1-2H3. The lowest BCUT2D eigenvalue weighted by Gasteiger charge is -2.36. The molecule has 5 nitrogen and oxygen atoms in total. The minimum Gasteiger partial charge on any atom is -0.480 e. The van der Waals surface area contributed by atoms with Gasteiger partial charge in [-0.15, -0.1) is 0 Å². The van der Waals surface area contributed by atoms with Gasteiger partial charge in [-0.05, 0) is 62.1 Å².